The molecule has 1 saturated heterocycles. The molecule has 104 valence electrons. The van der Waals surface area contributed by atoms with Crippen molar-refractivity contribution in [2.75, 3.05) is 31.6 Å². The molecule has 1 fully saturated rings. The summed E-state index contributed by atoms with van der Waals surface area (Å²) in [5.41, 5.74) is 2.94. The van der Waals surface area contributed by atoms with Gasteiger partial charge in [0.1, 0.15) is 0 Å². The third-order valence-corrected chi connectivity index (χ3v) is 4.42. The Balaban J connectivity index is 1.64. The Labute approximate surface area is 115 Å². The predicted octanol–water partition coefficient (Wildman–Crippen LogP) is 2.74. The van der Waals surface area contributed by atoms with Gasteiger partial charge in [0.25, 0.3) is 0 Å². The first kappa shape index (κ1) is 12.9. The van der Waals surface area contributed by atoms with E-state index < -0.39 is 0 Å². The molecular weight excluding hydrogens is 236 g/mol. The molecular formula is C16H24N2O. The number of benzene rings is 1. The molecule has 0 bridgehead atoms. The van der Waals surface area contributed by atoms with Gasteiger partial charge in [-0.2, -0.15) is 0 Å². The fourth-order valence-corrected chi connectivity index (χ4v) is 3.21. The number of hydrogen-bond acceptors (Lipinski definition) is 3. The van der Waals surface area contributed by atoms with Gasteiger partial charge in [0, 0.05) is 36.8 Å². The first-order valence-electron chi connectivity index (χ1n) is 7.42. The molecule has 3 nitrogen and oxygen atoms in total. The van der Waals surface area contributed by atoms with Crippen molar-refractivity contribution in [1.82, 2.24) is 5.32 Å². The van der Waals surface area contributed by atoms with E-state index in [0.717, 1.165) is 26.3 Å². The highest BCUT2D eigenvalue weighted by Crippen LogP contribution is 2.31. The molecule has 3 rings (SSSR count). The van der Waals surface area contributed by atoms with Crippen LogP contribution in [0.3, 0.4) is 0 Å². The molecule has 2 heterocycles. The van der Waals surface area contributed by atoms with Crippen LogP contribution in [-0.4, -0.2) is 31.8 Å². The monoisotopic (exact) mass is 260 g/mol. The fraction of sp³-hybridized carbons (Fsp3) is 0.625. The Bertz CT molecular complexity index is 427. The van der Waals surface area contributed by atoms with Crippen molar-refractivity contribution >= 4 is 5.69 Å². The van der Waals surface area contributed by atoms with Crippen molar-refractivity contribution in [3.8, 4) is 0 Å². The van der Waals surface area contributed by atoms with Gasteiger partial charge in [-0.3, -0.25) is 0 Å². The van der Waals surface area contributed by atoms with Crippen LogP contribution in [0.5, 0.6) is 0 Å². The van der Waals surface area contributed by atoms with Gasteiger partial charge in [-0.05, 0) is 37.8 Å². The molecule has 2 aliphatic heterocycles. The summed E-state index contributed by atoms with van der Waals surface area (Å²) in [6, 6.07) is 8.70. The Hall–Kier alpha value is -1.06. The van der Waals surface area contributed by atoms with Crippen LogP contribution in [0.1, 0.15) is 37.7 Å². The van der Waals surface area contributed by atoms with Gasteiger partial charge in [0.2, 0.25) is 0 Å². The number of nitrogens with one attached hydrogen (secondary N) is 2. The van der Waals surface area contributed by atoms with Crippen molar-refractivity contribution in [2.24, 2.45) is 0 Å². The lowest BCUT2D eigenvalue weighted by Crippen LogP contribution is -2.50. The molecule has 0 spiro atoms. The molecule has 0 saturated carbocycles. The Morgan fingerprint density at radius 2 is 2.32 bits per heavy atom. The first-order chi connectivity index (χ1) is 9.27. The summed E-state index contributed by atoms with van der Waals surface area (Å²) in [6.45, 7) is 6.20. The summed E-state index contributed by atoms with van der Waals surface area (Å²) in [6.07, 6.45) is 3.60. The number of para-hydroxylation sites is 1. The maximum Gasteiger partial charge on any atom is 0.0645 e. The number of ether oxygens (including phenoxy) is 1. The van der Waals surface area contributed by atoms with E-state index in [4.69, 9.17) is 4.74 Å². The van der Waals surface area contributed by atoms with E-state index in [0.29, 0.717) is 5.92 Å². The number of rotatable bonds is 3. The molecule has 2 N–H and O–H groups in total. The molecule has 2 unspecified atom stereocenters. The first-order valence-corrected chi connectivity index (χ1v) is 7.42. The summed E-state index contributed by atoms with van der Waals surface area (Å²) in [5.74, 6) is 0.621. The second-order valence-electron chi connectivity index (χ2n) is 6.10. The number of hydrogen-bond donors (Lipinski definition) is 2. The molecule has 19 heavy (non-hydrogen) atoms. The zero-order valence-electron chi connectivity index (χ0n) is 11.7. The highest BCUT2D eigenvalue weighted by molar-refractivity contribution is 5.54. The molecule has 0 aliphatic carbocycles. The summed E-state index contributed by atoms with van der Waals surface area (Å²) in [5, 5.41) is 7.24. The highest BCUT2D eigenvalue weighted by atomic mass is 16.5. The lowest BCUT2D eigenvalue weighted by atomic mass is 9.88. The molecule has 1 aromatic rings. The minimum atomic E-state index is 0.165. The summed E-state index contributed by atoms with van der Waals surface area (Å²) in [4.78, 5) is 0. The summed E-state index contributed by atoms with van der Waals surface area (Å²) < 4.78 is 5.62. The van der Waals surface area contributed by atoms with Crippen LogP contribution in [0.25, 0.3) is 0 Å². The largest absolute Gasteiger partial charge is 0.385 e. The van der Waals surface area contributed by atoms with E-state index in [1.807, 2.05) is 0 Å². The van der Waals surface area contributed by atoms with Crippen molar-refractivity contribution in [3.05, 3.63) is 29.8 Å². The number of anilines is 1. The third-order valence-electron chi connectivity index (χ3n) is 4.42. The van der Waals surface area contributed by atoms with Gasteiger partial charge >= 0.3 is 0 Å². The van der Waals surface area contributed by atoms with E-state index >= 15 is 0 Å². The SMILES string of the molecule is CC1(NCC2CCNc3ccccc32)CCCOC1. The number of fused-ring (bicyclic) bond motifs is 1. The zero-order chi connectivity index (χ0) is 13.1. The van der Waals surface area contributed by atoms with Crippen LogP contribution in [0.15, 0.2) is 24.3 Å². The molecule has 2 atom stereocenters. The zero-order valence-corrected chi connectivity index (χ0v) is 11.7. The Kier molecular flexibility index (Phi) is 3.76. The highest BCUT2D eigenvalue weighted by Gasteiger charge is 2.29. The second kappa shape index (κ2) is 5.51. The Morgan fingerprint density at radius 1 is 1.42 bits per heavy atom. The van der Waals surface area contributed by atoms with Crippen LogP contribution >= 0.6 is 0 Å². The van der Waals surface area contributed by atoms with Crippen LogP contribution < -0.4 is 10.6 Å². The summed E-state index contributed by atoms with van der Waals surface area (Å²) >= 11 is 0. The quantitative estimate of drug-likeness (QED) is 0.876. The molecule has 0 aromatic heterocycles. The van der Waals surface area contributed by atoms with E-state index in [9.17, 15) is 0 Å². The van der Waals surface area contributed by atoms with Crippen molar-refractivity contribution in [1.29, 1.82) is 0 Å². The maximum atomic E-state index is 5.62. The van der Waals surface area contributed by atoms with Gasteiger partial charge < -0.3 is 15.4 Å². The minimum absolute atomic E-state index is 0.165. The predicted molar refractivity (Wildman–Crippen MR) is 78.8 cm³/mol. The van der Waals surface area contributed by atoms with Crippen LogP contribution in [0.4, 0.5) is 5.69 Å². The average molecular weight is 260 g/mol. The lowest BCUT2D eigenvalue weighted by molar-refractivity contribution is 0.0279. The van der Waals surface area contributed by atoms with Crippen molar-refractivity contribution < 1.29 is 4.74 Å². The summed E-state index contributed by atoms with van der Waals surface area (Å²) in [7, 11) is 0. The average Bonchev–Trinajstić information content (AvgIpc) is 2.46. The third kappa shape index (κ3) is 2.93. The smallest absolute Gasteiger partial charge is 0.0645 e. The van der Waals surface area contributed by atoms with E-state index in [-0.39, 0.29) is 5.54 Å². The molecule has 3 heteroatoms. The van der Waals surface area contributed by atoms with Gasteiger partial charge in [0.15, 0.2) is 0 Å². The van der Waals surface area contributed by atoms with E-state index in [1.54, 1.807) is 0 Å². The molecule has 0 amide bonds. The van der Waals surface area contributed by atoms with Crippen LogP contribution in [0, 0.1) is 0 Å². The fourth-order valence-electron chi connectivity index (χ4n) is 3.21. The van der Waals surface area contributed by atoms with Crippen LogP contribution in [-0.2, 0) is 4.74 Å². The minimum Gasteiger partial charge on any atom is -0.385 e. The van der Waals surface area contributed by atoms with E-state index in [1.165, 1.54) is 30.5 Å². The van der Waals surface area contributed by atoms with E-state index in [2.05, 4.69) is 41.8 Å². The second-order valence-corrected chi connectivity index (χ2v) is 6.10. The van der Waals surface area contributed by atoms with Gasteiger partial charge in [-0.15, -0.1) is 0 Å². The van der Waals surface area contributed by atoms with Gasteiger partial charge in [-0.1, -0.05) is 18.2 Å². The lowest BCUT2D eigenvalue weighted by Gasteiger charge is -2.37. The topological polar surface area (TPSA) is 33.3 Å². The van der Waals surface area contributed by atoms with Crippen molar-refractivity contribution in [2.45, 2.75) is 37.6 Å². The van der Waals surface area contributed by atoms with Crippen LogP contribution in [0.2, 0.25) is 0 Å². The van der Waals surface area contributed by atoms with Gasteiger partial charge in [-0.25, -0.2) is 0 Å². The maximum absolute atomic E-state index is 5.62. The van der Waals surface area contributed by atoms with Gasteiger partial charge in [0.05, 0.1) is 6.61 Å². The van der Waals surface area contributed by atoms with Crippen molar-refractivity contribution in [3.63, 3.8) is 0 Å². The normalized spacial score (nSPS) is 30.5. The molecule has 1 aromatic carbocycles. The molecule has 2 aliphatic rings. The standard InChI is InChI=1S/C16H24N2O/c1-16(8-4-10-19-12-16)18-11-13-7-9-17-15-6-3-2-5-14(13)15/h2-3,5-6,13,17-18H,4,7-12H2,1H3. The Morgan fingerprint density at radius 3 is 3.16 bits per heavy atom. The molecule has 0 radical (unpaired) electrons.